The summed E-state index contributed by atoms with van der Waals surface area (Å²) in [6.45, 7) is 4.88. The topological polar surface area (TPSA) is 21.3 Å². The van der Waals surface area contributed by atoms with Crippen LogP contribution in [0.2, 0.25) is 0 Å². The number of nitrogens with one attached hydrogen (secondary N) is 1. The number of benzene rings is 1. The zero-order valence-corrected chi connectivity index (χ0v) is 10.1. The van der Waals surface area contributed by atoms with Crippen LogP contribution in [0.5, 0.6) is 5.75 Å². The molecule has 0 aromatic heterocycles. The van der Waals surface area contributed by atoms with Crippen LogP contribution in [0.1, 0.15) is 0 Å². The first kappa shape index (κ1) is 12.2. The van der Waals surface area contributed by atoms with Crippen molar-refractivity contribution in [1.82, 2.24) is 5.32 Å². The molecule has 0 bridgehead atoms. The van der Waals surface area contributed by atoms with E-state index in [2.05, 4.69) is 27.8 Å². The van der Waals surface area contributed by atoms with Crippen LogP contribution in [-0.4, -0.2) is 20.2 Å². The molecule has 1 aromatic rings. The highest BCUT2D eigenvalue weighted by atomic mass is 79.9. The molecule has 0 saturated carbocycles. The average molecular weight is 274 g/mol. The Morgan fingerprint density at radius 1 is 1.60 bits per heavy atom. The van der Waals surface area contributed by atoms with Crippen LogP contribution in [-0.2, 0) is 0 Å². The number of likely N-dealkylation sites (N-methyl/N-ethyl adjacent to an activating group) is 1. The van der Waals surface area contributed by atoms with Crippen molar-refractivity contribution in [3.8, 4) is 5.75 Å². The minimum Gasteiger partial charge on any atom is -0.488 e. The molecule has 0 aliphatic heterocycles. The maximum Gasteiger partial charge on any atom is 0.136 e. The first-order valence-electron chi connectivity index (χ1n) is 4.52. The van der Waals surface area contributed by atoms with E-state index in [-0.39, 0.29) is 5.82 Å². The van der Waals surface area contributed by atoms with Crippen molar-refractivity contribution >= 4 is 15.9 Å². The standard InChI is InChI=1S/C11H13BrFNO/c1-8(6-14-2)7-15-11-5-9(13)3-4-10(11)12/h3-5,14H,1,6-7H2,2H3. The minimum absolute atomic E-state index is 0.313. The maximum atomic E-state index is 12.9. The van der Waals surface area contributed by atoms with Crippen molar-refractivity contribution in [1.29, 1.82) is 0 Å². The van der Waals surface area contributed by atoms with E-state index in [0.29, 0.717) is 18.9 Å². The van der Waals surface area contributed by atoms with Crippen LogP contribution in [0.25, 0.3) is 0 Å². The predicted molar refractivity (Wildman–Crippen MR) is 62.7 cm³/mol. The lowest BCUT2D eigenvalue weighted by Gasteiger charge is -2.09. The molecule has 1 rings (SSSR count). The van der Waals surface area contributed by atoms with Gasteiger partial charge in [-0.1, -0.05) is 6.58 Å². The van der Waals surface area contributed by atoms with Gasteiger partial charge in [-0.3, -0.25) is 0 Å². The van der Waals surface area contributed by atoms with Crippen LogP contribution < -0.4 is 10.1 Å². The number of hydrogen-bond donors (Lipinski definition) is 1. The van der Waals surface area contributed by atoms with Gasteiger partial charge in [-0.05, 0) is 40.7 Å². The smallest absolute Gasteiger partial charge is 0.136 e. The van der Waals surface area contributed by atoms with E-state index in [4.69, 9.17) is 4.74 Å². The first-order valence-corrected chi connectivity index (χ1v) is 5.32. The first-order chi connectivity index (χ1) is 7.13. The molecule has 0 amide bonds. The fourth-order valence-electron chi connectivity index (χ4n) is 1.07. The molecule has 0 aliphatic rings. The lowest BCUT2D eigenvalue weighted by atomic mass is 10.3. The van der Waals surface area contributed by atoms with Gasteiger partial charge >= 0.3 is 0 Å². The monoisotopic (exact) mass is 273 g/mol. The minimum atomic E-state index is -0.313. The van der Waals surface area contributed by atoms with Crippen LogP contribution in [0.3, 0.4) is 0 Å². The second-order valence-electron chi connectivity index (χ2n) is 3.14. The van der Waals surface area contributed by atoms with E-state index in [1.54, 1.807) is 6.07 Å². The van der Waals surface area contributed by atoms with E-state index in [1.165, 1.54) is 12.1 Å². The Hall–Kier alpha value is -0.870. The van der Waals surface area contributed by atoms with Crippen molar-refractivity contribution in [2.24, 2.45) is 0 Å². The zero-order valence-electron chi connectivity index (χ0n) is 8.52. The summed E-state index contributed by atoms with van der Waals surface area (Å²) < 4.78 is 19.0. The van der Waals surface area contributed by atoms with Gasteiger partial charge in [0.25, 0.3) is 0 Å². The number of rotatable bonds is 5. The highest BCUT2D eigenvalue weighted by Crippen LogP contribution is 2.25. The Labute approximate surface area is 97.3 Å². The third kappa shape index (κ3) is 4.01. The van der Waals surface area contributed by atoms with Crippen LogP contribution >= 0.6 is 15.9 Å². The van der Waals surface area contributed by atoms with Gasteiger partial charge in [-0.25, -0.2) is 4.39 Å². The highest BCUT2D eigenvalue weighted by Gasteiger charge is 2.03. The largest absolute Gasteiger partial charge is 0.488 e. The molecule has 0 heterocycles. The molecule has 2 nitrogen and oxygen atoms in total. The summed E-state index contributed by atoms with van der Waals surface area (Å²) in [5.74, 6) is 0.180. The van der Waals surface area contributed by atoms with Crippen molar-refractivity contribution in [3.63, 3.8) is 0 Å². The predicted octanol–water partition coefficient (Wildman–Crippen LogP) is 2.74. The number of hydrogen-bond acceptors (Lipinski definition) is 2. The van der Waals surface area contributed by atoms with Gasteiger partial charge in [0.1, 0.15) is 18.2 Å². The summed E-state index contributed by atoms with van der Waals surface area (Å²) >= 11 is 3.28. The summed E-state index contributed by atoms with van der Waals surface area (Å²) in [6.07, 6.45) is 0. The van der Waals surface area contributed by atoms with Gasteiger partial charge in [0.15, 0.2) is 0 Å². The van der Waals surface area contributed by atoms with Crippen LogP contribution in [0.15, 0.2) is 34.8 Å². The van der Waals surface area contributed by atoms with E-state index in [0.717, 1.165) is 10.0 Å². The summed E-state index contributed by atoms with van der Waals surface area (Å²) in [5.41, 5.74) is 0.911. The molecule has 0 radical (unpaired) electrons. The molecule has 0 saturated heterocycles. The molecule has 4 heteroatoms. The van der Waals surface area contributed by atoms with E-state index < -0.39 is 0 Å². The average Bonchev–Trinajstić information content (AvgIpc) is 2.20. The summed E-state index contributed by atoms with van der Waals surface area (Å²) in [7, 11) is 1.84. The fraction of sp³-hybridized carbons (Fsp3) is 0.273. The third-order valence-electron chi connectivity index (χ3n) is 1.75. The summed E-state index contributed by atoms with van der Waals surface area (Å²) in [6, 6.07) is 4.33. The number of halogens is 2. The Kier molecular flexibility index (Phi) is 4.78. The molecule has 0 spiro atoms. The van der Waals surface area contributed by atoms with Crippen LogP contribution in [0, 0.1) is 5.82 Å². The van der Waals surface area contributed by atoms with Gasteiger partial charge in [-0.15, -0.1) is 0 Å². The van der Waals surface area contributed by atoms with Gasteiger partial charge in [-0.2, -0.15) is 0 Å². The molecule has 0 unspecified atom stereocenters. The summed E-state index contributed by atoms with van der Waals surface area (Å²) in [5, 5.41) is 2.96. The highest BCUT2D eigenvalue weighted by molar-refractivity contribution is 9.10. The summed E-state index contributed by atoms with van der Waals surface area (Å²) in [4.78, 5) is 0. The van der Waals surface area contributed by atoms with E-state index in [9.17, 15) is 4.39 Å². The van der Waals surface area contributed by atoms with Crippen molar-refractivity contribution in [3.05, 3.63) is 40.6 Å². The lowest BCUT2D eigenvalue weighted by Crippen LogP contribution is -2.14. The zero-order chi connectivity index (χ0) is 11.3. The van der Waals surface area contributed by atoms with Gasteiger partial charge in [0.05, 0.1) is 4.47 Å². The van der Waals surface area contributed by atoms with Crippen molar-refractivity contribution < 1.29 is 9.13 Å². The second kappa shape index (κ2) is 5.88. The Balaban J connectivity index is 2.57. The molecule has 0 aliphatic carbocycles. The normalized spacial score (nSPS) is 10.1. The molecule has 0 atom stereocenters. The third-order valence-corrected chi connectivity index (χ3v) is 2.41. The molecule has 82 valence electrons. The Morgan fingerprint density at radius 2 is 2.33 bits per heavy atom. The fourth-order valence-corrected chi connectivity index (χ4v) is 1.43. The Bertz CT molecular complexity index is 354. The lowest BCUT2D eigenvalue weighted by molar-refractivity contribution is 0.345. The van der Waals surface area contributed by atoms with Crippen molar-refractivity contribution in [2.75, 3.05) is 20.2 Å². The maximum absolute atomic E-state index is 12.9. The molecular weight excluding hydrogens is 261 g/mol. The molecule has 0 fully saturated rings. The Morgan fingerprint density at radius 3 is 3.00 bits per heavy atom. The SMILES string of the molecule is C=C(CNC)COc1cc(F)ccc1Br. The molecular formula is C11H13BrFNO. The van der Waals surface area contributed by atoms with Gasteiger partial charge in [0.2, 0.25) is 0 Å². The van der Waals surface area contributed by atoms with Gasteiger partial charge < -0.3 is 10.1 Å². The molecule has 1 aromatic carbocycles. The second-order valence-corrected chi connectivity index (χ2v) is 4.00. The number of ether oxygens (including phenoxy) is 1. The van der Waals surface area contributed by atoms with Gasteiger partial charge in [0, 0.05) is 12.6 Å². The molecule has 1 N–H and O–H groups in total. The van der Waals surface area contributed by atoms with Crippen LogP contribution in [0.4, 0.5) is 4.39 Å². The quantitative estimate of drug-likeness (QED) is 0.834. The van der Waals surface area contributed by atoms with E-state index in [1.807, 2.05) is 7.05 Å². The van der Waals surface area contributed by atoms with Crippen molar-refractivity contribution in [2.45, 2.75) is 0 Å². The molecule has 15 heavy (non-hydrogen) atoms. The van der Waals surface area contributed by atoms with E-state index >= 15 is 0 Å².